The maximum atomic E-state index is 13.6. The minimum Gasteiger partial charge on any atom is -0.486 e. The molecule has 0 fully saturated rings. The van der Waals surface area contributed by atoms with Gasteiger partial charge in [-0.2, -0.15) is 0 Å². The van der Waals surface area contributed by atoms with Gasteiger partial charge in [0, 0.05) is 36.4 Å². The number of hydrogen-bond acceptors (Lipinski definition) is 5. The van der Waals surface area contributed by atoms with E-state index in [1.54, 1.807) is 6.07 Å². The molecule has 5 rings (SSSR count). The van der Waals surface area contributed by atoms with Gasteiger partial charge in [0.05, 0.1) is 12.1 Å². The number of unbranched alkanes of at least 4 members (excludes halogenated alkanes) is 1. The van der Waals surface area contributed by atoms with Gasteiger partial charge >= 0.3 is 6.09 Å². The summed E-state index contributed by atoms with van der Waals surface area (Å²) in [5.41, 5.74) is 3.86. The number of pyridine rings is 1. The van der Waals surface area contributed by atoms with Crippen molar-refractivity contribution >= 4 is 22.7 Å². The minimum absolute atomic E-state index is 0.224. The first kappa shape index (κ1) is 22.3. The number of fused-ring (bicyclic) bond motifs is 4. The highest BCUT2D eigenvalue weighted by molar-refractivity contribution is 5.88. The molecule has 7 nitrogen and oxygen atoms in total. The Morgan fingerprint density at radius 3 is 2.97 bits per heavy atom. The number of rotatable bonds is 7. The van der Waals surface area contributed by atoms with Crippen LogP contribution in [0.4, 0.5) is 14.9 Å². The maximum Gasteiger partial charge on any atom is 0.407 e. The number of nitrogens with zero attached hydrogens (tertiary/aromatic N) is 3. The quantitative estimate of drug-likeness (QED) is 0.512. The molecular weight excluding hydrogens is 437 g/mol. The standard InChI is InChI=1S/C26H28FN3O4/c1-17-4-7-21-22(28-17)8-9-24-25(21)34-20(16-33-24)15-30(26(31)32)12-3-2-11-29-13-10-18-5-6-19(27)14-23(18)29/h4-9,14,20H,2-3,10-13,15-16H2,1H3,(H,31,32)/t20-/m0/s1. The number of carboxylic acid groups (broad SMARTS) is 1. The molecule has 2 aliphatic rings. The molecule has 1 amide bonds. The number of hydrogen-bond donors (Lipinski definition) is 1. The van der Waals surface area contributed by atoms with Crippen molar-refractivity contribution in [3.63, 3.8) is 0 Å². The molecule has 0 saturated carbocycles. The van der Waals surface area contributed by atoms with Gasteiger partial charge in [-0.25, -0.2) is 9.18 Å². The topological polar surface area (TPSA) is 75.1 Å². The van der Waals surface area contributed by atoms with Crippen molar-refractivity contribution in [3.05, 3.63) is 59.5 Å². The smallest absolute Gasteiger partial charge is 0.407 e. The second-order valence-electron chi connectivity index (χ2n) is 8.91. The number of ether oxygens (including phenoxy) is 2. The maximum absolute atomic E-state index is 13.6. The van der Waals surface area contributed by atoms with Gasteiger partial charge in [0.25, 0.3) is 0 Å². The van der Waals surface area contributed by atoms with E-state index in [1.807, 2.05) is 37.3 Å². The highest BCUT2D eigenvalue weighted by Crippen LogP contribution is 2.38. The van der Waals surface area contributed by atoms with E-state index >= 15 is 0 Å². The molecule has 0 saturated heterocycles. The predicted octanol–water partition coefficient (Wildman–Crippen LogP) is 4.65. The molecule has 2 aromatic carbocycles. The number of amides is 1. The molecule has 0 spiro atoms. The fourth-order valence-corrected chi connectivity index (χ4v) is 4.73. The molecule has 0 bridgehead atoms. The van der Waals surface area contributed by atoms with Crippen LogP contribution in [0.15, 0.2) is 42.5 Å². The van der Waals surface area contributed by atoms with E-state index in [4.69, 9.17) is 9.47 Å². The molecule has 0 unspecified atom stereocenters. The predicted molar refractivity (Wildman–Crippen MR) is 128 cm³/mol. The molecule has 3 aromatic rings. The summed E-state index contributed by atoms with van der Waals surface area (Å²) in [6.07, 6.45) is 1.08. The Bertz CT molecular complexity index is 1220. The molecule has 2 aliphatic heterocycles. The summed E-state index contributed by atoms with van der Waals surface area (Å²) in [4.78, 5) is 20.0. The normalized spacial score (nSPS) is 16.5. The van der Waals surface area contributed by atoms with E-state index in [1.165, 1.54) is 16.5 Å². The molecule has 3 heterocycles. The largest absolute Gasteiger partial charge is 0.486 e. The van der Waals surface area contributed by atoms with Crippen LogP contribution in [-0.2, 0) is 6.42 Å². The van der Waals surface area contributed by atoms with Gasteiger partial charge in [-0.1, -0.05) is 6.07 Å². The van der Waals surface area contributed by atoms with Crippen LogP contribution in [-0.4, -0.2) is 60.0 Å². The van der Waals surface area contributed by atoms with Crippen molar-refractivity contribution in [2.45, 2.75) is 32.3 Å². The number of aryl methyl sites for hydroxylation is 1. The molecule has 0 aliphatic carbocycles. The Kier molecular flexibility index (Phi) is 6.13. The van der Waals surface area contributed by atoms with Gasteiger partial charge in [0.15, 0.2) is 17.6 Å². The van der Waals surface area contributed by atoms with Gasteiger partial charge in [-0.05, 0) is 68.1 Å². The fourth-order valence-electron chi connectivity index (χ4n) is 4.73. The van der Waals surface area contributed by atoms with Gasteiger partial charge in [-0.15, -0.1) is 0 Å². The van der Waals surface area contributed by atoms with Gasteiger partial charge in [0.1, 0.15) is 12.4 Å². The number of carbonyl (C=O) groups is 1. The minimum atomic E-state index is -0.974. The van der Waals surface area contributed by atoms with Crippen LogP contribution in [0, 0.1) is 12.7 Å². The van der Waals surface area contributed by atoms with Crippen molar-refractivity contribution < 1.29 is 23.8 Å². The Morgan fingerprint density at radius 1 is 1.24 bits per heavy atom. The van der Waals surface area contributed by atoms with Crippen LogP contribution in [0.1, 0.15) is 24.1 Å². The number of benzene rings is 2. The third-order valence-electron chi connectivity index (χ3n) is 6.47. The van der Waals surface area contributed by atoms with Crippen LogP contribution < -0.4 is 14.4 Å². The third kappa shape index (κ3) is 4.58. The lowest BCUT2D eigenvalue weighted by molar-refractivity contribution is 0.0583. The van der Waals surface area contributed by atoms with Crippen molar-refractivity contribution in [1.82, 2.24) is 9.88 Å². The monoisotopic (exact) mass is 465 g/mol. The summed E-state index contributed by atoms with van der Waals surface area (Å²) in [6, 6.07) is 12.6. The van der Waals surface area contributed by atoms with E-state index in [-0.39, 0.29) is 19.0 Å². The zero-order valence-electron chi connectivity index (χ0n) is 19.2. The van der Waals surface area contributed by atoms with Crippen LogP contribution in [0.3, 0.4) is 0 Å². The number of aromatic nitrogens is 1. The summed E-state index contributed by atoms with van der Waals surface area (Å²) in [7, 11) is 0. The first-order valence-electron chi connectivity index (χ1n) is 11.7. The lowest BCUT2D eigenvalue weighted by Crippen LogP contribution is -2.43. The van der Waals surface area contributed by atoms with Crippen molar-refractivity contribution in [3.8, 4) is 11.5 Å². The first-order valence-corrected chi connectivity index (χ1v) is 11.7. The zero-order chi connectivity index (χ0) is 23.7. The zero-order valence-corrected chi connectivity index (χ0v) is 19.2. The van der Waals surface area contributed by atoms with E-state index < -0.39 is 12.2 Å². The first-order chi connectivity index (χ1) is 16.5. The van der Waals surface area contributed by atoms with Gasteiger partial charge in [0.2, 0.25) is 0 Å². The molecule has 1 aromatic heterocycles. The van der Waals surface area contributed by atoms with Crippen molar-refractivity contribution in [2.75, 3.05) is 37.7 Å². The Morgan fingerprint density at radius 2 is 2.12 bits per heavy atom. The SMILES string of the molecule is Cc1ccc2c3c(ccc2n1)OC[C@H](CN(CCCCN1CCc2ccc(F)cc21)C(=O)O)O3. The summed E-state index contributed by atoms with van der Waals surface area (Å²) in [5.74, 6) is 1.04. The fraction of sp³-hybridized carbons (Fsp3) is 0.385. The molecule has 0 radical (unpaired) electrons. The average molecular weight is 466 g/mol. The van der Waals surface area contributed by atoms with Crippen molar-refractivity contribution in [2.24, 2.45) is 0 Å². The lowest BCUT2D eigenvalue weighted by Gasteiger charge is -2.31. The molecular formula is C26H28FN3O4. The third-order valence-corrected chi connectivity index (χ3v) is 6.47. The van der Waals surface area contributed by atoms with Gasteiger partial charge in [-0.3, -0.25) is 4.98 Å². The van der Waals surface area contributed by atoms with Gasteiger partial charge < -0.3 is 24.4 Å². The van der Waals surface area contributed by atoms with E-state index in [2.05, 4.69) is 9.88 Å². The summed E-state index contributed by atoms with van der Waals surface area (Å²) >= 11 is 0. The van der Waals surface area contributed by atoms with Crippen LogP contribution in [0.5, 0.6) is 11.5 Å². The van der Waals surface area contributed by atoms with Crippen LogP contribution >= 0.6 is 0 Å². The molecule has 34 heavy (non-hydrogen) atoms. The van der Waals surface area contributed by atoms with E-state index in [9.17, 15) is 14.3 Å². The highest BCUT2D eigenvalue weighted by Gasteiger charge is 2.27. The molecule has 1 N–H and O–H groups in total. The number of anilines is 1. The van der Waals surface area contributed by atoms with E-state index in [0.717, 1.165) is 48.2 Å². The second-order valence-corrected chi connectivity index (χ2v) is 8.91. The Balaban J connectivity index is 1.17. The number of halogens is 1. The van der Waals surface area contributed by atoms with E-state index in [0.29, 0.717) is 24.5 Å². The molecule has 8 heteroatoms. The summed E-state index contributed by atoms with van der Waals surface area (Å²) < 4.78 is 25.7. The van der Waals surface area contributed by atoms with Crippen LogP contribution in [0.2, 0.25) is 0 Å². The van der Waals surface area contributed by atoms with Crippen molar-refractivity contribution in [1.29, 1.82) is 0 Å². The Labute approximate surface area is 197 Å². The summed E-state index contributed by atoms with van der Waals surface area (Å²) in [6.45, 7) is 4.50. The summed E-state index contributed by atoms with van der Waals surface area (Å²) in [5, 5.41) is 10.6. The molecule has 1 atom stereocenters. The average Bonchev–Trinajstić information content (AvgIpc) is 3.22. The lowest BCUT2D eigenvalue weighted by atomic mass is 10.1. The second kappa shape index (κ2) is 9.37. The highest BCUT2D eigenvalue weighted by atomic mass is 19.1. The molecule has 178 valence electrons. The Hall–Kier alpha value is -3.55. The van der Waals surface area contributed by atoms with Crippen LogP contribution in [0.25, 0.3) is 10.9 Å².